The zero-order valence-corrected chi connectivity index (χ0v) is 12.6. The first-order valence-corrected chi connectivity index (χ1v) is 6.81. The van der Waals surface area contributed by atoms with Crippen LogP contribution >= 0.6 is 0 Å². The number of anilines is 1. The van der Waals surface area contributed by atoms with Crippen molar-refractivity contribution < 1.29 is 4.79 Å². The summed E-state index contributed by atoms with van der Waals surface area (Å²) in [6.45, 7) is 2.38. The molecule has 1 aromatic heterocycles. The molecular formula is C15H21N5O. The van der Waals surface area contributed by atoms with E-state index in [9.17, 15) is 4.79 Å². The van der Waals surface area contributed by atoms with Crippen LogP contribution in [-0.2, 0) is 13.6 Å². The van der Waals surface area contributed by atoms with E-state index in [-0.39, 0.29) is 12.1 Å². The Labute approximate surface area is 124 Å². The number of carbonyl (C=O) groups excluding carboxylic acids is 1. The summed E-state index contributed by atoms with van der Waals surface area (Å²) in [5.41, 5.74) is 7.58. The Morgan fingerprint density at radius 1 is 1.43 bits per heavy atom. The number of nitrogens with two attached hydrogens (primary N) is 1. The first-order valence-electron chi connectivity index (χ1n) is 6.81. The zero-order chi connectivity index (χ0) is 15.4. The van der Waals surface area contributed by atoms with Gasteiger partial charge in [-0.2, -0.15) is 0 Å². The van der Waals surface area contributed by atoms with Gasteiger partial charge in [0.25, 0.3) is 0 Å². The Bertz CT molecular complexity index is 603. The summed E-state index contributed by atoms with van der Waals surface area (Å²) >= 11 is 0. The maximum atomic E-state index is 12.1. The monoisotopic (exact) mass is 287 g/mol. The topological polar surface area (TPSA) is 76.2 Å². The highest BCUT2D eigenvalue weighted by atomic mass is 16.2. The highest BCUT2D eigenvalue weighted by Gasteiger charge is 2.11. The third kappa shape index (κ3) is 3.82. The average molecular weight is 287 g/mol. The third-order valence-electron chi connectivity index (χ3n) is 3.33. The Morgan fingerprint density at radius 2 is 2.10 bits per heavy atom. The van der Waals surface area contributed by atoms with E-state index in [1.807, 2.05) is 49.0 Å². The summed E-state index contributed by atoms with van der Waals surface area (Å²) in [5, 5.41) is 2.85. The molecule has 0 radical (unpaired) electrons. The molecule has 21 heavy (non-hydrogen) atoms. The van der Waals surface area contributed by atoms with Gasteiger partial charge in [-0.05, 0) is 24.6 Å². The number of carbonyl (C=O) groups is 1. The van der Waals surface area contributed by atoms with Gasteiger partial charge in [0.2, 0.25) is 0 Å². The summed E-state index contributed by atoms with van der Waals surface area (Å²) in [6, 6.07) is 7.35. The van der Waals surface area contributed by atoms with Crippen molar-refractivity contribution in [1.82, 2.24) is 14.5 Å². The largest absolute Gasteiger partial charge is 0.337 e. The van der Waals surface area contributed by atoms with Crippen LogP contribution in [0.5, 0.6) is 0 Å². The summed E-state index contributed by atoms with van der Waals surface area (Å²) in [4.78, 5) is 17.9. The van der Waals surface area contributed by atoms with Gasteiger partial charge in [0.15, 0.2) is 0 Å². The molecule has 0 saturated carbocycles. The number of aryl methyl sites for hydroxylation is 1. The van der Waals surface area contributed by atoms with Crippen molar-refractivity contribution in [3.8, 4) is 0 Å². The number of nitrogens with zero attached hydrogens (tertiary/aromatic N) is 3. The van der Waals surface area contributed by atoms with Gasteiger partial charge in [0.1, 0.15) is 5.82 Å². The molecule has 112 valence electrons. The minimum atomic E-state index is -0.174. The van der Waals surface area contributed by atoms with Crippen LogP contribution in [0, 0.1) is 0 Å². The van der Waals surface area contributed by atoms with Gasteiger partial charge in [0, 0.05) is 38.2 Å². The average Bonchev–Trinajstić information content (AvgIpc) is 2.84. The fourth-order valence-corrected chi connectivity index (χ4v) is 1.92. The lowest BCUT2D eigenvalue weighted by Crippen LogP contribution is -2.31. The molecule has 1 atom stereocenters. The molecule has 0 aliphatic heterocycles. The predicted octanol–water partition coefficient (Wildman–Crippen LogP) is 2.10. The number of hydrogen-bond donors (Lipinski definition) is 2. The van der Waals surface area contributed by atoms with Crippen molar-refractivity contribution in [3.63, 3.8) is 0 Å². The van der Waals surface area contributed by atoms with Crippen molar-refractivity contribution in [1.29, 1.82) is 0 Å². The Hall–Kier alpha value is -2.34. The lowest BCUT2D eigenvalue weighted by molar-refractivity contribution is 0.219. The summed E-state index contributed by atoms with van der Waals surface area (Å²) < 4.78 is 1.89. The van der Waals surface area contributed by atoms with Crippen molar-refractivity contribution in [2.75, 3.05) is 12.4 Å². The summed E-state index contributed by atoms with van der Waals surface area (Å²) in [5.74, 6) is 0.833. The number of benzene rings is 1. The van der Waals surface area contributed by atoms with Crippen molar-refractivity contribution in [2.24, 2.45) is 12.8 Å². The molecule has 0 fully saturated rings. The molecular weight excluding hydrogens is 266 g/mol. The molecule has 0 aliphatic rings. The summed E-state index contributed by atoms with van der Waals surface area (Å²) in [6.07, 6.45) is 3.57. The Balaban J connectivity index is 1.95. The van der Waals surface area contributed by atoms with E-state index >= 15 is 0 Å². The quantitative estimate of drug-likeness (QED) is 0.904. The molecule has 2 rings (SSSR count). The zero-order valence-electron chi connectivity index (χ0n) is 12.6. The van der Waals surface area contributed by atoms with Crippen LogP contribution in [0.1, 0.15) is 24.4 Å². The number of imidazole rings is 1. The Kier molecular flexibility index (Phi) is 4.59. The molecule has 3 N–H and O–H groups in total. The maximum Gasteiger partial charge on any atom is 0.321 e. The van der Waals surface area contributed by atoms with Gasteiger partial charge in [-0.3, -0.25) is 0 Å². The lowest BCUT2D eigenvalue weighted by atomic mass is 10.1. The normalized spacial score (nSPS) is 12.0. The molecule has 2 aromatic rings. The number of hydrogen-bond acceptors (Lipinski definition) is 3. The maximum absolute atomic E-state index is 12.1. The highest BCUT2D eigenvalue weighted by molar-refractivity contribution is 5.89. The molecule has 1 heterocycles. The van der Waals surface area contributed by atoms with E-state index < -0.39 is 0 Å². The van der Waals surface area contributed by atoms with Crippen molar-refractivity contribution >= 4 is 11.7 Å². The van der Waals surface area contributed by atoms with Crippen molar-refractivity contribution in [3.05, 3.63) is 48.0 Å². The minimum absolute atomic E-state index is 0.0131. The van der Waals surface area contributed by atoms with Gasteiger partial charge in [0.05, 0.1) is 6.54 Å². The number of urea groups is 1. The second-order valence-corrected chi connectivity index (χ2v) is 5.15. The van der Waals surface area contributed by atoms with Gasteiger partial charge in [-0.15, -0.1) is 0 Å². The van der Waals surface area contributed by atoms with E-state index in [0.717, 1.165) is 17.1 Å². The number of nitrogens with one attached hydrogen (secondary N) is 1. The lowest BCUT2D eigenvalue weighted by Gasteiger charge is -2.18. The van der Waals surface area contributed by atoms with Crippen LogP contribution in [0.15, 0.2) is 36.7 Å². The third-order valence-corrected chi connectivity index (χ3v) is 3.33. The molecule has 1 aromatic carbocycles. The SMILES string of the molecule is CC(N)c1ccc(NC(=O)N(C)Cc2nccn2C)cc1. The molecule has 2 amide bonds. The molecule has 0 aliphatic carbocycles. The smallest absolute Gasteiger partial charge is 0.321 e. The second kappa shape index (κ2) is 6.41. The number of aromatic nitrogens is 2. The van der Waals surface area contributed by atoms with Gasteiger partial charge in [-0.25, -0.2) is 9.78 Å². The van der Waals surface area contributed by atoms with Crippen LogP contribution in [0.2, 0.25) is 0 Å². The highest BCUT2D eigenvalue weighted by Crippen LogP contribution is 2.14. The van der Waals surface area contributed by atoms with Crippen LogP contribution < -0.4 is 11.1 Å². The molecule has 6 nitrogen and oxygen atoms in total. The first kappa shape index (κ1) is 15.1. The molecule has 0 bridgehead atoms. The second-order valence-electron chi connectivity index (χ2n) is 5.15. The van der Waals surface area contributed by atoms with E-state index in [0.29, 0.717) is 6.54 Å². The predicted molar refractivity (Wildman–Crippen MR) is 82.7 cm³/mol. The van der Waals surface area contributed by atoms with E-state index in [1.54, 1.807) is 18.1 Å². The van der Waals surface area contributed by atoms with E-state index in [2.05, 4.69) is 10.3 Å². The van der Waals surface area contributed by atoms with E-state index in [1.165, 1.54) is 0 Å². The minimum Gasteiger partial charge on any atom is -0.337 e. The molecule has 0 spiro atoms. The van der Waals surface area contributed by atoms with Crippen LogP contribution in [0.25, 0.3) is 0 Å². The van der Waals surface area contributed by atoms with Crippen LogP contribution in [-0.4, -0.2) is 27.5 Å². The van der Waals surface area contributed by atoms with Gasteiger partial charge >= 0.3 is 6.03 Å². The van der Waals surface area contributed by atoms with Crippen molar-refractivity contribution in [2.45, 2.75) is 19.5 Å². The van der Waals surface area contributed by atoms with E-state index in [4.69, 9.17) is 5.73 Å². The van der Waals surface area contributed by atoms with Crippen LogP contribution in [0.3, 0.4) is 0 Å². The van der Waals surface area contributed by atoms with Crippen LogP contribution in [0.4, 0.5) is 10.5 Å². The van der Waals surface area contributed by atoms with Gasteiger partial charge < -0.3 is 20.5 Å². The fourth-order valence-electron chi connectivity index (χ4n) is 1.92. The number of rotatable bonds is 4. The summed E-state index contributed by atoms with van der Waals surface area (Å²) in [7, 11) is 3.64. The Morgan fingerprint density at radius 3 is 2.62 bits per heavy atom. The molecule has 6 heteroatoms. The standard InChI is InChI=1S/C15H21N5O/c1-11(16)12-4-6-13(7-5-12)18-15(21)20(3)10-14-17-8-9-19(14)2/h4-9,11H,10,16H2,1-3H3,(H,18,21). The molecule has 0 saturated heterocycles. The fraction of sp³-hybridized carbons (Fsp3) is 0.333. The molecule has 1 unspecified atom stereocenters. The first-order chi connectivity index (χ1) is 9.97. The number of amides is 2. The van der Waals surface area contributed by atoms with Gasteiger partial charge in [-0.1, -0.05) is 12.1 Å².